The minimum Gasteiger partial charge on any atom is -0.368 e. The van der Waals surface area contributed by atoms with Crippen LogP contribution in [0.15, 0.2) is 140 Å². The van der Waals surface area contributed by atoms with Gasteiger partial charge in [-0.1, -0.05) is 129 Å². The third-order valence-electron chi connectivity index (χ3n) is 14.7. The van der Waals surface area contributed by atoms with E-state index in [1.807, 2.05) is 116 Å². The first-order chi connectivity index (χ1) is 41.1. The predicted octanol–water partition coefficient (Wildman–Crippen LogP) is 3.52. The van der Waals surface area contributed by atoms with Gasteiger partial charge in [0.2, 0.25) is 47.3 Å². The molecule has 8 atom stereocenters. The van der Waals surface area contributed by atoms with Gasteiger partial charge in [0, 0.05) is 60.3 Å². The summed E-state index contributed by atoms with van der Waals surface area (Å²) in [5, 5.41) is 24.1. The molecule has 0 aliphatic carbocycles. The van der Waals surface area contributed by atoms with E-state index in [-0.39, 0.29) is 56.6 Å². The summed E-state index contributed by atoms with van der Waals surface area (Å²) in [5.74, 6) is -6.12. The number of fused-ring (bicyclic) bond motifs is 3. The van der Waals surface area contributed by atoms with E-state index in [0.717, 1.165) is 43.6 Å². The lowest BCUT2D eigenvalue weighted by atomic mass is 10.0. The fraction of sp³-hybridized carbons (Fsp3) is 0.349. The molecule has 0 bridgehead atoms. The van der Waals surface area contributed by atoms with Gasteiger partial charge in [0.05, 0.1) is 6.04 Å². The fourth-order valence-corrected chi connectivity index (χ4v) is 10.5. The molecular formula is C63H76N12O8S2. The molecule has 85 heavy (non-hydrogen) atoms. The van der Waals surface area contributed by atoms with Crippen molar-refractivity contribution < 1.29 is 38.4 Å². The first-order valence-electron chi connectivity index (χ1n) is 28.6. The number of benzene rings is 5. The van der Waals surface area contributed by atoms with Crippen molar-refractivity contribution in [1.29, 1.82) is 0 Å². The normalized spacial score (nSPS) is 14.1. The van der Waals surface area contributed by atoms with Crippen LogP contribution in [0.2, 0.25) is 0 Å². The molecule has 7 rings (SSSR count). The lowest BCUT2D eigenvalue weighted by Gasteiger charge is -2.28. The Hall–Kier alpha value is -8.31. The number of primary amides is 1. The number of amides is 8. The highest BCUT2D eigenvalue weighted by molar-refractivity contribution is 7.80. The summed E-state index contributed by atoms with van der Waals surface area (Å²) in [7, 11) is 0. The highest BCUT2D eigenvalue weighted by Gasteiger charge is 2.35. The number of nitrogens with zero attached hydrogens (tertiary/aromatic N) is 1. The van der Waals surface area contributed by atoms with Gasteiger partial charge in [-0.15, -0.1) is 0 Å². The lowest BCUT2D eigenvalue weighted by molar-refractivity contribution is -0.135. The Morgan fingerprint density at radius 3 is 1.52 bits per heavy atom. The Labute approximate surface area is 504 Å². The second-order valence-electron chi connectivity index (χ2n) is 21.1. The van der Waals surface area contributed by atoms with Crippen molar-refractivity contribution in [1.82, 2.24) is 47.2 Å². The topological polar surface area (TPSA) is 328 Å². The van der Waals surface area contributed by atoms with Crippen molar-refractivity contribution in [3.63, 3.8) is 0 Å². The molecule has 14 N–H and O–H groups in total. The van der Waals surface area contributed by atoms with Crippen molar-refractivity contribution in [3.8, 4) is 0 Å². The monoisotopic (exact) mass is 1190 g/mol. The number of para-hydroxylation sites is 1. The quantitative estimate of drug-likeness (QED) is 0.0214. The van der Waals surface area contributed by atoms with Gasteiger partial charge >= 0.3 is 0 Å². The van der Waals surface area contributed by atoms with Crippen LogP contribution < -0.4 is 54.4 Å². The van der Waals surface area contributed by atoms with Crippen LogP contribution in [0.3, 0.4) is 0 Å². The maximum Gasteiger partial charge on any atom is 0.244 e. The van der Waals surface area contributed by atoms with E-state index < -0.39 is 95.6 Å². The minimum absolute atomic E-state index is 0.0791. The smallest absolute Gasteiger partial charge is 0.244 e. The highest BCUT2D eigenvalue weighted by atomic mass is 32.1. The zero-order valence-electron chi connectivity index (χ0n) is 47.4. The molecule has 5 aromatic carbocycles. The van der Waals surface area contributed by atoms with Crippen molar-refractivity contribution in [2.24, 2.45) is 17.2 Å². The number of carbonyl (C=O) groups excluding carboxylic acids is 8. The summed E-state index contributed by atoms with van der Waals surface area (Å²) in [5.41, 5.74) is 21.6. The number of nitrogens with one attached hydrogen (secondary N) is 8. The molecule has 0 spiro atoms. The van der Waals surface area contributed by atoms with Gasteiger partial charge in [-0.3, -0.25) is 43.3 Å². The number of nitrogens with two attached hydrogens (primary N) is 3. The number of carbonyl (C=O) groups is 8. The molecule has 8 amide bonds. The Bertz CT molecular complexity index is 3440. The van der Waals surface area contributed by atoms with Crippen LogP contribution in [0.1, 0.15) is 67.7 Å². The Balaban J connectivity index is 1.07. The van der Waals surface area contributed by atoms with E-state index in [9.17, 15) is 38.4 Å². The van der Waals surface area contributed by atoms with E-state index in [4.69, 9.17) is 17.2 Å². The van der Waals surface area contributed by atoms with Crippen LogP contribution in [0.5, 0.6) is 0 Å². The minimum atomic E-state index is -1.36. The Kier molecular flexibility index (Phi) is 24.3. The summed E-state index contributed by atoms with van der Waals surface area (Å²) in [6, 6.07) is 27.9. The number of rotatable bonds is 32. The molecular weight excluding hydrogens is 1120 g/mol. The molecule has 0 saturated carbocycles. The number of H-pyrrole nitrogens is 1. The van der Waals surface area contributed by atoms with Gasteiger partial charge in [-0.2, -0.15) is 25.3 Å². The summed E-state index contributed by atoms with van der Waals surface area (Å²) < 4.78 is 0. The summed E-state index contributed by atoms with van der Waals surface area (Å²) >= 11 is 8.74. The number of thiol groups is 2. The maximum atomic E-state index is 14.9. The SMILES string of the molecule is CCCC[C@H](NC(=O)[C@H](CCCCN)NC(=O)[C@@H](Cc1c[nH]c2ccccc12)NC(=O)[C@H](Cc1cccnc1)NC(=O)[C@@H](CS)NC(=O)[C@@H](N)Cc1ccc2ccccc2c1)C(=O)N[C@@H](CS)C(=O)N[C@@H](Cc1ccc2ccccc2c1)C(N)=O. The molecule has 2 aromatic heterocycles. The van der Waals surface area contributed by atoms with E-state index in [2.05, 4.69) is 72.4 Å². The van der Waals surface area contributed by atoms with Gasteiger partial charge in [0.25, 0.3) is 0 Å². The average molecular weight is 1190 g/mol. The third-order valence-corrected chi connectivity index (χ3v) is 15.5. The summed E-state index contributed by atoms with van der Waals surface area (Å²) in [4.78, 5) is 120. The Morgan fingerprint density at radius 1 is 0.494 bits per heavy atom. The van der Waals surface area contributed by atoms with Gasteiger partial charge in [-0.25, -0.2) is 0 Å². The van der Waals surface area contributed by atoms with E-state index in [1.54, 1.807) is 24.5 Å². The van der Waals surface area contributed by atoms with Gasteiger partial charge in [-0.05, 0) is 94.6 Å². The molecule has 0 aliphatic heterocycles. The summed E-state index contributed by atoms with van der Waals surface area (Å²) in [6.45, 7) is 2.20. The van der Waals surface area contributed by atoms with E-state index in [1.165, 1.54) is 6.20 Å². The van der Waals surface area contributed by atoms with Gasteiger partial charge < -0.3 is 59.4 Å². The second kappa shape index (κ2) is 32.1. The fourth-order valence-electron chi connectivity index (χ4n) is 9.97. The van der Waals surface area contributed by atoms with Gasteiger partial charge in [0.1, 0.15) is 42.3 Å². The number of unbranched alkanes of at least 4 members (excludes halogenated alkanes) is 2. The van der Waals surface area contributed by atoms with Crippen LogP contribution >= 0.6 is 25.3 Å². The number of aromatic amines is 1. The first-order valence-corrected chi connectivity index (χ1v) is 29.8. The van der Waals surface area contributed by atoms with Gasteiger partial charge in [0.15, 0.2) is 0 Å². The zero-order chi connectivity index (χ0) is 60.8. The number of hydrogen-bond donors (Lipinski definition) is 13. The predicted molar refractivity (Wildman–Crippen MR) is 336 cm³/mol. The molecule has 448 valence electrons. The van der Waals surface area contributed by atoms with Crippen molar-refractivity contribution in [3.05, 3.63) is 162 Å². The molecule has 22 heteroatoms. The second-order valence-corrected chi connectivity index (χ2v) is 21.9. The largest absolute Gasteiger partial charge is 0.368 e. The van der Waals surface area contributed by atoms with E-state index in [0.29, 0.717) is 36.8 Å². The first kappa shape index (κ1) is 64.3. The van der Waals surface area contributed by atoms with Crippen molar-refractivity contribution in [2.45, 2.75) is 119 Å². The number of pyridine rings is 1. The molecule has 0 unspecified atom stereocenters. The van der Waals surface area contributed by atoms with Crippen LogP contribution in [0.25, 0.3) is 32.4 Å². The summed E-state index contributed by atoms with van der Waals surface area (Å²) in [6.07, 6.45) is 7.16. The zero-order valence-corrected chi connectivity index (χ0v) is 49.2. The Morgan fingerprint density at radius 2 is 0.965 bits per heavy atom. The van der Waals surface area contributed by atoms with Crippen LogP contribution in [-0.2, 0) is 64.0 Å². The molecule has 0 aliphatic rings. The van der Waals surface area contributed by atoms with E-state index >= 15 is 0 Å². The van der Waals surface area contributed by atoms with Crippen molar-refractivity contribution >= 4 is 105 Å². The number of aromatic nitrogens is 2. The standard InChI is InChI=1S/C63H76N12O8S2/c1-2-3-19-49(59(79)75-55(37-85)62(82)71-51(56(66)76)31-39-23-25-42-15-5-7-17-44(42)29-39)69-58(78)50(21-10-11-26-64)70-61(81)53(33-45-35-68-48-20-9-8-18-46(45)48)73-60(80)52(32-40-13-12-27-67-34-40)72-63(83)54(36-84)74-57(77)47(65)30-38-22-24-41-14-4-6-16-43(41)28-38/h4-9,12-18,20,22-25,27-29,34-35,47,49-55,68,84-85H,2-3,10-11,19,21,26,30-33,36-37,64-65H2,1H3,(H2,66,76)(H,69,78)(H,70,81)(H,71,82)(H,72,83)(H,73,80)(H,74,77)(H,75,79)/t47-,49-,50-,51-,52-,53+,54+,55-/m0/s1. The maximum absolute atomic E-state index is 14.9. The van der Waals surface area contributed by atoms with Crippen LogP contribution in [0, 0.1) is 0 Å². The molecule has 2 heterocycles. The molecule has 0 radical (unpaired) electrons. The molecule has 0 fully saturated rings. The molecule has 20 nitrogen and oxygen atoms in total. The molecule has 0 saturated heterocycles. The number of hydrogen-bond acceptors (Lipinski definition) is 13. The third kappa shape index (κ3) is 18.6. The van der Waals surface area contributed by atoms with Crippen molar-refractivity contribution in [2.75, 3.05) is 18.1 Å². The highest BCUT2D eigenvalue weighted by Crippen LogP contribution is 2.21. The van der Waals surface area contributed by atoms with Crippen LogP contribution in [-0.4, -0.2) is 124 Å². The average Bonchev–Trinajstić information content (AvgIpc) is 4.05. The lowest BCUT2D eigenvalue weighted by Crippen LogP contribution is -2.61. The molecule has 7 aromatic rings. The van der Waals surface area contributed by atoms with Crippen LogP contribution in [0.4, 0.5) is 0 Å².